The second-order valence-corrected chi connectivity index (χ2v) is 6.56. The number of methoxy groups -OCH3 is 1. The van der Waals surface area contributed by atoms with Crippen molar-refractivity contribution in [2.24, 2.45) is 0 Å². The van der Waals surface area contributed by atoms with Crippen LogP contribution >= 0.6 is 11.6 Å². The van der Waals surface area contributed by atoms with E-state index in [0.717, 1.165) is 12.1 Å². The molecule has 4 N–H and O–H groups in total. The first-order chi connectivity index (χ1) is 14.8. The smallest absolute Gasteiger partial charge is 0.274 e. The molecule has 31 heavy (non-hydrogen) atoms. The number of hydrogen-bond acceptors (Lipinski definition) is 5. The van der Waals surface area contributed by atoms with Crippen LogP contribution < -0.4 is 20.7 Å². The van der Waals surface area contributed by atoms with Gasteiger partial charge in [-0.25, -0.2) is 9.37 Å². The Kier molecular flexibility index (Phi) is 6.51. The first-order valence-electron chi connectivity index (χ1n) is 8.85. The standard InChI is InChI=1S/C20H17ClFN5O4/c1-23-19(29)16-17(25-9-24-16)20(30)26-11-4-6-14(15(8-11)31-2)27-18(28)12-5-3-10(22)7-13(12)21/h3-9H,1-2H3,(H,23,29)(H,24,25)(H,26,30)(H,27,28). The van der Waals surface area contributed by atoms with Crippen LogP contribution in [0, 0.1) is 5.82 Å². The molecule has 0 bridgehead atoms. The number of aromatic amines is 1. The van der Waals surface area contributed by atoms with Crippen LogP contribution in [-0.2, 0) is 0 Å². The maximum absolute atomic E-state index is 13.2. The van der Waals surface area contributed by atoms with Crippen LogP contribution in [0.5, 0.6) is 5.75 Å². The Morgan fingerprint density at radius 3 is 2.52 bits per heavy atom. The van der Waals surface area contributed by atoms with Crippen molar-refractivity contribution in [3.05, 3.63) is 70.5 Å². The number of H-pyrrole nitrogens is 1. The highest BCUT2D eigenvalue weighted by molar-refractivity contribution is 6.34. The van der Waals surface area contributed by atoms with Crippen molar-refractivity contribution < 1.29 is 23.5 Å². The normalized spacial score (nSPS) is 10.3. The van der Waals surface area contributed by atoms with Gasteiger partial charge in [0.15, 0.2) is 5.69 Å². The number of hydrogen-bond donors (Lipinski definition) is 4. The molecule has 3 amide bonds. The summed E-state index contributed by atoms with van der Waals surface area (Å²) in [6.07, 6.45) is 1.24. The van der Waals surface area contributed by atoms with Crippen LogP contribution in [0.3, 0.4) is 0 Å². The molecule has 0 spiro atoms. The highest BCUT2D eigenvalue weighted by Gasteiger charge is 2.20. The van der Waals surface area contributed by atoms with Crippen LogP contribution in [0.25, 0.3) is 0 Å². The summed E-state index contributed by atoms with van der Waals surface area (Å²) in [6, 6.07) is 7.95. The van der Waals surface area contributed by atoms with Gasteiger partial charge in [0.05, 0.1) is 29.7 Å². The number of halogens is 2. The number of rotatable bonds is 6. The minimum Gasteiger partial charge on any atom is -0.494 e. The molecule has 0 fully saturated rings. The zero-order valence-corrected chi connectivity index (χ0v) is 17.1. The fourth-order valence-corrected chi connectivity index (χ4v) is 2.94. The van der Waals surface area contributed by atoms with E-state index in [0.29, 0.717) is 11.4 Å². The zero-order valence-electron chi connectivity index (χ0n) is 16.4. The lowest BCUT2D eigenvalue weighted by atomic mass is 10.2. The largest absolute Gasteiger partial charge is 0.494 e. The second-order valence-electron chi connectivity index (χ2n) is 6.15. The lowest BCUT2D eigenvalue weighted by molar-refractivity contribution is 0.0943. The number of nitrogens with zero attached hydrogens (tertiary/aromatic N) is 1. The van der Waals surface area contributed by atoms with Crippen molar-refractivity contribution in [2.75, 3.05) is 24.8 Å². The summed E-state index contributed by atoms with van der Waals surface area (Å²) >= 11 is 5.93. The van der Waals surface area contributed by atoms with Crippen LogP contribution in [0.4, 0.5) is 15.8 Å². The third-order valence-electron chi connectivity index (χ3n) is 4.19. The molecule has 3 aromatic rings. The number of aromatic nitrogens is 2. The molecule has 0 radical (unpaired) electrons. The topological polar surface area (TPSA) is 125 Å². The van der Waals surface area contributed by atoms with Crippen LogP contribution in [0.2, 0.25) is 5.02 Å². The quantitative estimate of drug-likeness (QED) is 0.464. The molecule has 0 saturated heterocycles. The molecule has 2 aromatic carbocycles. The van der Waals surface area contributed by atoms with Crippen LogP contribution in [0.1, 0.15) is 31.3 Å². The van der Waals surface area contributed by atoms with Crippen molar-refractivity contribution in [3.8, 4) is 5.75 Å². The Labute approximate surface area is 181 Å². The number of amides is 3. The molecule has 1 heterocycles. The summed E-state index contributed by atoms with van der Waals surface area (Å²) in [5.41, 5.74) is 0.674. The fraction of sp³-hybridized carbons (Fsp3) is 0.100. The van der Waals surface area contributed by atoms with Gasteiger partial charge in [0, 0.05) is 18.8 Å². The van der Waals surface area contributed by atoms with E-state index in [-0.39, 0.29) is 27.7 Å². The summed E-state index contributed by atoms with van der Waals surface area (Å²) in [5, 5.41) is 7.61. The summed E-state index contributed by atoms with van der Waals surface area (Å²) in [6.45, 7) is 0. The Hall–Kier alpha value is -3.92. The monoisotopic (exact) mass is 445 g/mol. The molecule has 160 valence electrons. The summed E-state index contributed by atoms with van der Waals surface area (Å²) in [5.74, 6) is -1.97. The van der Waals surface area contributed by atoms with Crippen molar-refractivity contribution in [2.45, 2.75) is 0 Å². The van der Waals surface area contributed by atoms with E-state index >= 15 is 0 Å². The molecule has 3 rings (SSSR count). The fourth-order valence-electron chi connectivity index (χ4n) is 2.69. The molecular weight excluding hydrogens is 429 g/mol. The molecule has 0 aliphatic heterocycles. The first kappa shape index (κ1) is 21.8. The van der Waals surface area contributed by atoms with Gasteiger partial charge in [0.2, 0.25) is 0 Å². The lowest BCUT2D eigenvalue weighted by Crippen LogP contribution is -2.23. The van der Waals surface area contributed by atoms with Crippen molar-refractivity contribution in [1.82, 2.24) is 15.3 Å². The Balaban J connectivity index is 1.78. The van der Waals surface area contributed by atoms with Gasteiger partial charge in [0.1, 0.15) is 17.3 Å². The average Bonchev–Trinajstić information content (AvgIpc) is 3.24. The minimum absolute atomic E-state index is 0.0124. The predicted molar refractivity (Wildman–Crippen MR) is 112 cm³/mol. The average molecular weight is 446 g/mol. The molecule has 1 aromatic heterocycles. The van der Waals surface area contributed by atoms with Crippen LogP contribution in [0.15, 0.2) is 42.7 Å². The van der Waals surface area contributed by atoms with Gasteiger partial charge >= 0.3 is 0 Å². The molecule has 9 nitrogen and oxygen atoms in total. The molecule has 0 aliphatic carbocycles. The maximum atomic E-state index is 13.2. The zero-order chi connectivity index (χ0) is 22.5. The number of carbonyl (C=O) groups is 3. The third kappa shape index (κ3) is 4.81. The number of ether oxygens (including phenoxy) is 1. The maximum Gasteiger partial charge on any atom is 0.274 e. The Bertz CT molecular complexity index is 1160. The number of imidazole rings is 1. The molecule has 0 unspecified atom stereocenters. The van der Waals surface area contributed by atoms with Gasteiger partial charge < -0.3 is 25.7 Å². The molecular formula is C20H17ClFN5O4. The van der Waals surface area contributed by atoms with Crippen molar-refractivity contribution >= 4 is 40.7 Å². The first-order valence-corrected chi connectivity index (χ1v) is 9.23. The van der Waals surface area contributed by atoms with Gasteiger partial charge in [-0.2, -0.15) is 0 Å². The number of carbonyl (C=O) groups excluding carboxylic acids is 3. The van der Waals surface area contributed by atoms with E-state index < -0.39 is 23.5 Å². The van der Waals surface area contributed by atoms with E-state index in [1.54, 1.807) is 0 Å². The van der Waals surface area contributed by atoms with Gasteiger partial charge in [0.25, 0.3) is 17.7 Å². The Morgan fingerprint density at radius 1 is 1.06 bits per heavy atom. The van der Waals surface area contributed by atoms with Crippen molar-refractivity contribution in [3.63, 3.8) is 0 Å². The van der Waals surface area contributed by atoms with Gasteiger partial charge in [-0.3, -0.25) is 14.4 Å². The predicted octanol–water partition coefficient (Wildman–Crippen LogP) is 3.08. The van der Waals surface area contributed by atoms with E-state index in [2.05, 4.69) is 25.9 Å². The number of benzene rings is 2. The second kappa shape index (κ2) is 9.26. The summed E-state index contributed by atoms with van der Waals surface area (Å²) in [7, 11) is 2.82. The summed E-state index contributed by atoms with van der Waals surface area (Å²) in [4.78, 5) is 43.2. The lowest BCUT2D eigenvalue weighted by Gasteiger charge is -2.13. The molecule has 11 heteroatoms. The van der Waals surface area contributed by atoms with E-state index in [9.17, 15) is 18.8 Å². The van der Waals surface area contributed by atoms with Crippen LogP contribution in [-0.4, -0.2) is 41.8 Å². The highest BCUT2D eigenvalue weighted by atomic mass is 35.5. The van der Waals surface area contributed by atoms with Gasteiger partial charge in [-0.15, -0.1) is 0 Å². The number of nitrogens with one attached hydrogen (secondary N) is 4. The van der Waals surface area contributed by atoms with E-state index in [1.165, 1.54) is 44.8 Å². The molecule has 0 aliphatic rings. The Morgan fingerprint density at radius 2 is 1.84 bits per heavy atom. The van der Waals surface area contributed by atoms with E-state index in [4.69, 9.17) is 16.3 Å². The highest BCUT2D eigenvalue weighted by Crippen LogP contribution is 2.29. The van der Waals surface area contributed by atoms with Gasteiger partial charge in [-0.1, -0.05) is 11.6 Å². The summed E-state index contributed by atoms with van der Waals surface area (Å²) < 4.78 is 18.5. The third-order valence-corrected chi connectivity index (χ3v) is 4.50. The van der Waals surface area contributed by atoms with E-state index in [1.807, 2.05) is 0 Å². The molecule has 0 atom stereocenters. The van der Waals surface area contributed by atoms with Gasteiger partial charge in [-0.05, 0) is 30.3 Å². The molecule has 0 saturated carbocycles. The SMILES string of the molecule is CNC(=O)c1nc[nH]c1C(=O)Nc1ccc(NC(=O)c2ccc(F)cc2Cl)c(OC)c1. The number of anilines is 2. The minimum atomic E-state index is -0.590. The van der Waals surface area contributed by atoms with Crippen molar-refractivity contribution in [1.29, 1.82) is 0 Å².